The molecule has 0 N–H and O–H groups in total. The summed E-state index contributed by atoms with van der Waals surface area (Å²) in [4.78, 5) is 17.4. The number of nitrogens with zero attached hydrogens (tertiary/aromatic N) is 1. The number of rotatable bonds is 10. The average Bonchev–Trinajstić information content (AvgIpc) is 3.31. The van der Waals surface area contributed by atoms with Crippen LogP contribution >= 0.6 is 0 Å². The van der Waals surface area contributed by atoms with Gasteiger partial charge in [0, 0.05) is 6.20 Å². The van der Waals surface area contributed by atoms with Crippen molar-refractivity contribution in [1.29, 1.82) is 0 Å². The van der Waals surface area contributed by atoms with Gasteiger partial charge in [-0.05, 0) is 44.5 Å². The molecule has 0 aliphatic carbocycles. The van der Waals surface area contributed by atoms with Crippen LogP contribution in [0.15, 0.2) is 66.6 Å². The van der Waals surface area contributed by atoms with Gasteiger partial charge in [0.1, 0.15) is 23.9 Å². The Kier molecular flexibility index (Phi) is 8.29. The highest BCUT2D eigenvalue weighted by Crippen LogP contribution is 2.42. The van der Waals surface area contributed by atoms with Gasteiger partial charge in [-0.15, -0.1) is 0 Å². The number of carbonyl (C=O) groups is 1. The largest absolute Gasteiger partial charge is 0.465 e. The van der Waals surface area contributed by atoms with Gasteiger partial charge in [0.05, 0.1) is 25.2 Å². The number of pyridine rings is 1. The summed E-state index contributed by atoms with van der Waals surface area (Å²) in [5.41, 5.74) is 1.16. The van der Waals surface area contributed by atoms with Crippen LogP contribution in [0.4, 0.5) is 0 Å². The first kappa shape index (κ1) is 27.2. The molecule has 0 saturated carbocycles. The standard InChI is InChI=1S/C26H31NO9S/c1-5-31-24(28)18(21(36-37(4,29)30)19-13-9-10-14-27-19)15-20-22(32-16-17-11-7-6-8-12-17)23-25(33-20)35-26(2,3)34-23/h6-15,18,21-23,25H,5,16H2,1-4H3/b20-15-/t18?,21?,22-,23+,25+/m0/s1. The van der Waals surface area contributed by atoms with Crippen LogP contribution in [0.1, 0.15) is 38.1 Å². The van der Waals surface area contributed by atoms with Crippen molar-refractivity contribution in [3.8, 4) is 0 Å². The topological polar surface area (TPSA) is 119 Å². The number of ether oxygens (including phenoxy) is 5. The molecule has 2 unspecified atom stereocenters. The fourth-order valence-corrected chi connectivity index (χ4v) is 4.80. The maximum atomic E-state index is 13.1. The van der Waals surface area contributed by atoms with Gasteiger partial charge in [0.25, 0.3) is 10.1 Å². The predicted molar refractivity (Wildman–Crippen MR) is 131 cm³/mol. The maximum absolute atomic E-state index is 13.1. The average molecular weight is 534 g/mol. The first-order chi connectivity index (χ1) is 17.6. The number of esters is 1. The van der Waals surface area contributed by atoms with Crippen LogP contribution in [-0.2, 0) is 49.4 Å². The van der Waals surface area contributed by atoms with Crippen LogP contribution in [0.5, 0.6) is 0 Å². The van der Waals surface area contributed by atoms with Crippen LogP contribution < -0.4 is 0 Å². The first-order valence-corrected chi connectivity index (χ1v) is 13.7. The van der Waals surface area contributed by atoms with E-state index in [0.29, 0.717) is 0 Å². The molecule has 0 spiro atoms. The van der Waals surface area contributed by atoms with Gasteiger partial charge in [-0.1, -0.05) is 36.4 Å². The molecular formula is C26H31NO9S. The third-order valence-corrected chi connectivity index (χ3v) is 6.23. The maximum Gasteiger partial charge on any atom is 0.316 e. The van der Waals surface area contributed by atoms with E-state index >= 15 is 0 Å². The van der Waals surface area contributed by atoms with E-state index in [-0.39, 0.29) is 24.7 Å². The molecule has 10 nitrogen and oxygen atoms in total. The summed E-state index contributed by atoms with van der Waals surface area (Å²) in [6.45, 7) is 5.51. The summed E-state index contributed by atoms with van der Waals surface area (Å²) < 4.78 is 59.2. The summed E-state index contributed by atoms with van der Waals surface area (Å²) >= 11 is 0. The Labute approximate surface area is 216 Å². The summed E-state index contributed by atoms with van der Waals surface area (Å²) in [5.74, 6) is -2.59. The summed E-state index contributed by atoms with van der Waals surface area (Å²) in [5, 5.41) is 0. The lowest BCUT2D eigenvalue weighted by Crippen LogP contribution is -2.33. The van der Waals surface area contributed by atoms with Gasteiger partial charge in [-0.25, -0.2) is 0 Å². The highest BCUT2D eigenvalue weighted by molar-refractivity contribution is 7.86. The lowest BCUT2D eigenvalue weighted by atomic mass is 9.97. The van der Waals surface area contributed by atoms with E-state index in [2.05, 4.69) is 4.98 Å². The Balaban J connectivity index is 1.71. The second-order valence-corrected chi connectivity index (χ2v) is 10.7. The Morgan fingerprint density at radius 3 is 2.51 bits per heavy atom. The van der Waals surface area contributed by atoms with Crippen molar-refractivity contribution in [1.82, 2.24) is 4.98 Å². The minimum atomic E-state index is -3.99. The second-order valence-electron chi connectivity index (χ2n) is 9.13. The highest BCUT2D eigenvalue weighted by Gasteiger charge is 2.54. The molecule has 0 amide bonds. The molecule has 11 heteroatoms. The van der Waals surface area contributed by atoms with Crippen molar-refractivity contribution in [3.05, 3.63) is 77.8 Å². The van der Waals surface area contributed by atoms with Crippen molar-refractivity contribution in [2.75, 3.05) is 12.9 Å². The highest BCUT2D eigenvalue weighted by atomic mass is 32.2. The Morgan fingerprint density at radius 1 is 1.14 bits per heavy atom. The number of hydrogen-bond donors (Lipinski definition) is 0. The Morgan fingerprint density at radius 2 is 1.86 bits per heavy atom. The van der Waals surface area contributed by atoms with E-state index in [1.165, 1.54) is 12.3 Å². The zero-order chi connectivity index (χ0) is 26.6. The quantitative estimate of drug-likeness (QED) is 0.332. The van der Waals surface area contributed by atoms with Crippen molar-refractivity contribution in [2.24, 2.45) is 5.92 Å². The second kappa shape index (κ2) is 11.3. The summed E-state index contributed by atoms with van der Waals surface area (Å²) in [7, 11) is -3.99. The molecule has 1 aromatic carbocycles. The smallest absolute Gasteiger partial charge is 0.316 e. The van der Waals surface area contributed by atoms with Gasteiger partial charge in [0.2, 0.25) is 6.29 Å². The molecule has 0 bridgehead atoms. The van der Waals surface area contributed by atoms with Gasteiger partial charge >= 0.3 is 5.97 Å². The molecule has 2 aliphatic rings. The van der Waals surface area contributed by atoms with E-state index in [1.54, 1.807) is 39.0 Å². The number of benzene rings is 1. The van der Waals surface area contributed by atoms with Crippen molar-refractivity contribution in [3.63, 3.8) is 0 Å². The molecule has 4 rings (SSSR count). The minimum absolute atomic E-state index is 0.0762. The van der Waals surface area contributed by atoms with Gasteiger partial charge in [0.15, 0.2) is 11.9 Å². The van der Waals surface area contributed by atoms with E-state index < -0.39 is 52.4 Å². The zero-order valence-corrected chi connectivity index (χ0v) is 21.9. The van der Waals surface area contributed by atoms with Crippen molar-refractivity contribution in [2.45, 2.75) is 57.8 Å². The van der Waals surface area contributed by atoms with Crippen LogP contribution in [0.3, 0.4) is 0 Å². The number of aromatic nitrogens is 1. The van der Waals surface area contributed by atoms with Crippen LogP contribution in [0.2, 0.25) is 0 Å². The van der Waals surface area contributed by atoms with Gasteiger partial charge in [-0.2, -0.15) is 8.42 Å². The van der Waals surface area contributed by atoms with E-state index in [1.807, 2.05) is 30.3 Å². The molecule has 1 aromatic heterocycles. The van der Waals surface area contributed by atoms with Crippen LogP contribution in [-0.4, -0.2) is 56.5 Å². The predicted octanol–water partition coefficient (Wildman–Crippen LogP) is 3.26. The monoisotopic (exact) mass is 533 g/mol. The van der Waals surface area contributed by atoms with E-state index in [9.17, 15) is 13.2 Å². The Bertz CT molecular complexity index is 1200. The summed E-state index contributed by atoms with van der Waals surface area (Å²) in [6, 6.07) is 14.5. The molecule has 2 aromatic rings. The Hall–Kier alpha value is -2.83. The number of fused-ring (bicyclic) bond motifs is 1. The zero-order valence-electron chi connectivity index (χ0n) is 21.1. The third-order valence-electron chi connectivity index (χ3n) is 5.68. The number of carbonyl (C=O) groups excluding carboxylic acids is 1. The van der Waals surface area contributed by atoms with Crippen LogP contribution in [0, 0.1) is 5.92 Å². The SMILES string of the molecule is CCOC(=O)C(/C=C1\O[C@@H]2OC(C)(C)O[C@@H]2[C@H]1OCc1ccccc1)C(OS(C)(=O)=O)c1ccccn1. The lowest BCUT2D eigenvalue weighted by Gasteiger charge is -2.25. The van der Waals surface area contributed by atoms with Crippen molar-refractivity contribution >= 4 is 16.1 Å². The fraction of sp³-hybridized carbons (Fsp3) is 0.462. The van der Waals surface area contributed by atoms with E-state index in [4.69, 9.17) is 27.9 Å². The van der Waals surface area contributed by atoms with Crippen molar-refractivity contribution < 1.29 is 41.1 Å². The molecule has 5 atom stereocenters. The minimum Gasteiger partial charge on any atom is -0.465 e. The molecule has 2 fully saturated rings. The molecule has 37 heavy (non-hydrogen) atoms. The third kappa shape index (κ3) is 6.93. The lowest BCUT2D eigenvalue weighted by molar-refractivity contribution is -0.192. The van der Waals surface area contributed by atoms with E-state index in [0.717, 1.165) is 11.8 Å². The molecule has 2 saturated heterocycles. The summed E-state index contributed by atoms with van der Waals surface area (Å²) in [6.07, 6.45) is 0.396. The molecule has 2 aliphatic heterocycles. The fourth-order valence-electron chi connectivity index (χ4n) is 4.21. The number of hydrogen-bond acceptors (Lipinski definition) is 10. The van der Waals surface area contributed by atoms with Crippen LogP contribution in [0.25, 0.3) is 0 Å². The van der Waals surface area contributed by atoms with Gasteiger partial charge < -0.3 is 23.7 Å². The normalized spacial score (nSPS) is 25.3. The van der Waals surface area contributed by atoms with Gasteiger partial charge in [-0.3, -0.25) is 14.0 Å². The first-order valence-electron chi connectivity index (χ1n) is 11.9. The molecule has 200 valence electrons. The molecule has 0 radical (unpaired) electrons. The molecule has 3 heterocycles. The molecular weight excluding hydrogens is 502 g/mol.